The molecule has 0 unspecified atom stereocenters. The lowest BCUT2D eigenvalue weighted by Crippen LogP contribution is -2.36. The molecule has 1 fully saturated rings. The third-order valence-electron chi connectivity index (χ3n) is 4.61. The number of nitrogens with one attached hydrogen (secondary N) is 1. The minimum Gasteiger partial charge on any atom is -0.378 e. The van der Waals surface area contributed by atoms with Gasteiger partial charge in [-0.05, 0) is 17.7 Å². The summed E-state index contributed by atoms with van der Waals surface area (Å²) in [6.45, 7) is 3.94. The number of hydrogen-bond acceptors (Lipinski definition) is 5. The number of benzene rings is 1. The van der Waals surface area contributed by atoms with Crippen LogP contribution in [0.5, 0.6) is 0 Å². The van der Waals surface area contributed by atoms with Crippen molar-refractivity contribution in [2.75, 3.05) is 31.2 Å². The highest BCUT2D eigenvalue weighted by molar-refractivity contribution is 5.76. The Kier molecular flexibility index (Phi) is 5.67. The van der Waals surface area contributed by atoms with Crippen LogP contribution in [-0.4, -0.2) is 37.9 Å². The summed E-state index contributed by atoms with van der Waals surface area (Å²) in [5, 5.41) is 11.1. The molecule has 1 aromatic rings. The summed E-state index contributed by atoms with van der Waals surface area (Å²) in [7, 11) is 0. The van der Waals surface area contributed by atoms with Crippen LogP contribution in [0.4, 0.5) is 5.69 Å². The molecular formula is C19H24N4O2. The fourth-order valence-corrected chi connectivity index (χ4v) is 2.92. The van der Waals surface area contributed by atoms with E-state index in [0.29, 0.717) is 25.8 Å². The first-order valence-corrected chi connectivity index (χ1v) is 8.77. The first-order valence-electron chi connectivity index (χ1n) is 8.77. The number of amides is 1. The van der Waals surface area contributed by atoms with Crippen LogP contribution in [0.2, 0.25) is 0 Å². The molecule has 2 heterocycles. The molecule has 0 aromatic heterocycles. The largest absolute Gasteiger partial charge is 0.378 e. The lowest BCUT2D eigenvalue weighted by atomic mass is 10.0. The van der Waals surface area contributed by atoms with Crippen LogP contribution in [-0.2, 0) is 16.1 Å². The second-order valence-electron chi connectivity index (χ2n) is 6.43. The number of rotatable bonds is 8. The summed E-state index contributed by atoms with van der Waals surface area (Å²) in [5.74, 6) is 2.62. The second kappa shape index (κ2) is 8.13. The van der Waals surface area contributed by atoms with Crippen molar-refractivity contribution >= 4 is 11.6 Å². The van der Waals surface area contributed by atoms with Gasteiger partial charge >= 0.3 is 0 Å². The first kappa shape index (κ1) is 17.4. The predicted molar refractivity (Wildman–Crippen MR) is 96.2 cm³/mol. The normalized spacial score (nSPS) is 17.8. The lowest BCUT2D eigenvalue weighted by Gasteiger charge is -2.28. The van der Waals surface area contributed by atoms with Gasteiger partial charge in [-0.25, -0.2) is 0 Å². The number of morpholine rings is 1. The summed E-state index contributed by atoms with van der Waals surface area (Å²) in [6, 6.07) is 8.32. The van der Waals surface area contributed by atoms with E-state index in [4.69, 9.17) is 11.2 Å². The van der Waals surface area contributed by atoms with Gasteiger partial charge in [0.1, 0.15) is 0 Å². The summed E-state index contributed by atoms with van der Waals surface area (Å²) < 4.78 is 5.37. The standard InChI is InChI=1S/C19H24N4O2/c1-2-3-9-19(21-22-19)10-8-18(24)20-15-16-4-6-17(7-5-16)23-11-13-25-14-12-23/h1,4-7H,3,8-15H2,(H,20,24). The number of nitrogens with zero attached hydrogens (tertiary/aromatic N) is 3. The lowest BCUT2D eigenvalue weighted by molar-refractivity contribution is -0.121. The molecule has 6 nitrogen and oxygen atoms in total. The van der Waals surface area contributed by atoms with Crippen LogP contribution < -0.4 is 10.2 Å². The molecule has 0 radical (unpaired) electrons. The number of terminal acetylenes is 1. The Hall–Kier alpha value is -2.39. The molecule has 0 atom stereocenters. The zero-order valence-corrected chi connectivity index (χ0v) is 14.4. The molecule has 2 aliphatic heterocycles. The van der Waals surface area contributed by atoms with Crippen molar-refractivity contribution in [3.05, 3.63) is 29.8 Å². The van der Waals surface area contributed by atoms with Gasteiger partial charge in [-0.1, -0.05) is 12.1 Å². The highest BCUT2D eigenvalue weighted by atomic mass is 16.5. The molecule has 1 N–H and O–H groups in total. The molecule has 1 amide bonds. The topological polar surface area (TPSA) is 66.3 Å². The maximum atomic E-state index is 12.0. The van der Waals surface area contributed by atoms with Gasteiger partial charge in [0.15, 0.2) is 5.66 Å². The van der Waals surface area contributed by atoms with Crippen LogP contribution >= 0.6 is 0 Å². The number of anilines is 1. The summed E-state index contributed by atoms with van der Waals surface area (Å²) in [4.78, 5) is 14.3. The van der Waals surface area contributed by atoms with Crippen LogP contribution in [0.15, 0.2) is 34.5 Å². The van der Waals surface area contributed by atoms with Crippen molar-refractivity contribution < 1.29 is 9.53 Å². The van der Waals surface area contributed by atoms with E-state index in [-0.39, 0.29) is 11.6 Å². The molecule has 132 valence electrons. The van der Waals surface area contributed by atoms with Crippen LogP contribution in [0.25, 0.3) is 0 Å². The van der Waals surface area contributed by atoms with Crippen molar-refractivity contribution in [1.82, 2.24) is 5.32 Å². The maximum absolute atomic E-state index is 12.0. The Bertz CT molecular complexity index is 651. The van der Waals surface area contributed by atoms with Gasteiger partial charge in [0.05, 0.1) is 13.2 Å². The Morgan fingerprint density at radius 2 is 1.96 bits per heavy atom. The van der Waals surface area contributed by atoms with E-state index in [1.165, 1.54) is 5.69 Å². The number of carbonyl (C=O) groups excluding carboxylic acids is 1. The molecule has 1 aromatic carbocycles. The summed E-state index contributed by atoms with van der Waals surface area (Å²) >= 11 is 0. The quantitative estimate of drug-likeness (QED) is 0.740. The van der Waals surface area contributed by atoms with E-state index in [9.17, 15) is 4.79 Å². The Labute approximate surface area is 148 Å². The Morgan fingerprint density at radius 1 is 1.24 bits per heavy atom. The molecule has 6 heteroatoms. The average Bonchev–Trinajstić information content (AvgIpc) is 3.44. The van der Waals surface area contributed by atoms with E-state index >= 15 is 0 Å². The number of carbonyl (C=O) groups is 1. The highest BCUT2D eigenvalue weighted by Crippen LogP contribution is 2.37. The molecule has 0 aliphatic carbocycles. The minimum atomic E-state index is -0.385. The van der Waals surface area contributed by atoms with Gasteiger partial charge in [0, 0.05) is 51.0 Å². The number of hydrogen-bond donors (Lipinski definition) is 1. The van der Waals surface area contributed by atoms with Gasteiger partial charge in [0.25, 0.3) is 0 Å². The Morgan fingerprint density at radius 3 is 2.60 bits per heavy atom. The maximum Gasteiger partial charge on any atom is 0.220 e. The van der Waals surface area contributed by atoms with Crippen molar-refractivity contribution in [2.24, 2.45) is 10.2 Å². The SMILES string of the molecule is C#CCCC1(CCC(=O)NCc2ccc(N3CCOCC3)cc2)N=N1. The van der Waals surface area contributed by atoms with Crippen LogP contribution in [0, 0.1) is 12.3 Å². The van der Waals surface area contributed by atoms with E-state index in [1.807, 2.05) is 0 Å². The van der Waals surface area contributed by atoms with Gasteiger partial charge < -0.3 is 15.0 Å². The van der Waals surface area contributed by atoms with E-state index < -0.39 is 0 Å². The molecular weight excluding hydrogens is 316 g/mol. The summed E-state index contributed by atoms with van der Waals surface area (Å²) in [6.07, 6.45) is 7.70. The molecule has 25 heavy (non-hydrogen) atoms. The zero-order valence-electron chi connectivity index (χ0n) is 14.4. The van der Waals surface area contributed by atoms with Crippen molar-refractivity contribution in [3.63, 3.8) is 0 Å². The summed E-state index contributed by atoms with van der Waals surface area (Å²) in [5.41, 5.74) is 1.91. The third kappa shape index (κ3) is 5.04. The Balaban J connectivity index is 1.39. The van der Waals surface area contributed by atoms with Crippen LogP contribution in [0.3, 0.4) is 0 Å². The van der Waals surface area contributed by atoms with E-state index in [1.54, 1.807) is 0 Å². The fourth-order valence-electron chi connectivity index (χ4n) is 2.92. The van der Waals surface area contributed by atoms with E-state index in [0.717, 1.165) is 38.3 Å². The van der Waals surface area contributed by atoms with Gasteiger partial charge in [-0.2, -0.15) is 10.2 Å². The molecule has 0 spiro atoms. The highest BCUT2D eigenvalue weighted by Gasteiger charge is 2.39. The van der Waals surface area contributed by atoms with Gasteiger partial charge in [-0.3, -0.25) is 4.79 Å². The molecule has 2 aliphatic rings. The molecule has 1 saturated heterocycles. The molecule has 0 saturated carbocycles. The zero-order chi connectivity index (χ0) is 17.5. The average molecular weight is 340 g/mol. The third-order valence-corrected chi connectivity index (χ3v) is 4.61. The van der Waals surface area contributed by atoms with Crippen LogP contribution in [0.1, 0.15) is 31.2 Å². The molecule has 3 rings (SSSR count). The predicted octanol–water partition coefficient (Wildman–Crippen LogP) is 2.50. The monoisotopic (exact) mass is 340 g/mol. The van der Waals surface area contributed by atoms with Gasteiger partial charge in [0.2, 0.25) is 5.91 Å². The minimum absolute atomic E-state index is 0.0228. The van der Waals surface area contributed by atoms with E-state index in [2.05, 4.69) is 50.6 Å². The smallest absolute Gasteiger partial charge is 0.220 e. The van der Waals surface area contributed by atoms with Gasteiger partial charge in [-0.15, -0.1) is 12.3 Å². The fraction of sp³-hybridized carbons (Fsp3) is 0.526. The number of ether oxygens (including phenoxy) is 1. The first-order chi connectivity index (χ1) is 12.2. The second-order valence-corrected chi connectivity index (χ2v) is 6.43. The van der Waals surface area contributed by atoms with Crippen molar-refractivity contribution in [3.8, 4) is 12.3 Å². The van der Waals surface area contributed by atoms with Crippen molar-refractivity contribution in [1.29, 1.82) is 0 Å². The molecule has 0 bridgehead atoms. The van der Waals surface area contributed by atoms with Crippen molar-refractivity contribution in [2.45, 2.75) is 37.9 Å².